The largest absolute Gasteiger partial charge is 0.459 e. The summed E-state index contributed by atoms with van der Waals surface area (Å²) in [6.07, 6.45) is 4.41. The molecule has 0 aliphatic carbocycles. The van der Waals surface area contributed by atoms with Gasteiger partial charge in [-0.1, -0.05) is 50.2 Å². The van der Waals surface area contributed by atoms with E-state index in [0.29, 0.717) is 6.54 Å². The summed E-state index contributed by atoms with van der Waals surface area (Å²) in [5.41, 5.74) is 1.94. The maximum Gasteiger partial charge on any atom is 0.329 e. The third-order valence-electron chi connectivity index (χ3n) is 5.15. The number of hydrogen-bond donors (Lipinski definition) is 0. The van der Waals surface area contributed by atoms with Crippen molar-refractivity contribution in [2.45, 2.75) is 39.0 Å². The molecule has 1 unspecified atom stereocenters. The molecule has 0 spiro atoms. The topological polar surface area (TPSA) is 62.7 Å². The van der Waals surface area contributed by atoms with E-state index < -0.39 is 6.04 Å². The van der Waals surface area contributed by atoms with Crippen LogP contribution in [0.3, 0.4) is 0 Å². The van der Waals surface area contributed by atoms with E-state index in [1.165, 1.54) is 4.90 Å². The number of nitrogens with zero attached hydrogens (tertiary/aromatic N) is 3. The first kappa shape index (κ1) is 19.9. The Kier molecular flexibility index (Phi) is 6.29. The van der Waals surface area contributed by atoms with Crippen molar-refractivity contribution in [3.05, 3.63) is 66.0 Å². The second-order valence-corrected chi connectivity index (χ2v) is 7.46. The van der Waals surface area contributed by atoms with Crippen LogP contribution in [0.4, 0.5) is 4.79 Å². The molecule has 6 nitrogen and oxygen atoms in total. The molecule has 1 saturated heterocycles. The maximum atomic E-state index is 13.1. The first-order valence-corrected chi connectivity index (χ1v) is 9.63. The summed E-state index contributed by atoms with van der Waals surface area (Å²) >= 11 is 0. The third kappa shape index (κ3) is 4.32. The van der Waals surface area contributed by atoms with Gasteiger partial charge in [0.1, 0.15) is 12.6 Å². The molecule has 0 saturated carbocycles. The van der Waals surface area contributed by atoms with Gasteiger partial charge in [-0.05, 0) is 29.5 Å². The summed E-state index contributed by atoms with van der Waals surface area (Å²) in [4.78, 5) is 33.2. The number of hydrogen-bond acceptors (Lipinski definition) is 4. The van der Waals surface area contributed by atoms with Crippen LogP contribution < -0.4 is 0 Å². The first-order chi connectivity index (χ1) is 13.5. The Morgan fingerprint density at radius 3 is 2.54 bits per heavy atom. The van der Waals surface area contributed by atoms with Crippen LogP contribution in [0.5, 0.6) is 0 Å². The minimum atomic E-state index is -0.633. The fourth-order valence-corrected chi connectivity index (χ4v) is 3.55. The molecule has 1 aliphatic heterocycles. The van der Waals surface area contributed by atoms with Crippen LogP contribution in [0.15, 0.2) is 54.9 Å². The van der Waals surface area contributed by atoms with Gasteiger partial charge in [-0.25, -0.2) is 9.59 Å². The van der Waals surface area contributed by atoms with Crippen LogP contribution in [-0.4, -0.2) is 46.4 Å². The monoisotopic (exact) mass is 381 g/mol. The lowest BCUT2D eigenvalue weighted by atomic mass is 9.96. The fraction of sp³-hybridized carbons (Fsp3) is 0.409. The summed E-state index contributed by atoms with van der Waals surface area (Å²) in [5, 5.41) is 0. The normalized spacial score (nSPS) is 17.0. The molecule has 1 aromatic heterocycles. The molecule has 2 amide bonds. The molecule has 1 aliphatic rings. The summed E-state index contributed by atoms with van der Waals surface area (Å²) in [5.74, 6) is -0.441. The van der Waals surface area contributed by atoms with Crippen LogP contribution in [0, 0.1) is 5.92 Å². The summed E-state index contributed by atoms with van der Waals surface area (Å²) in [6.45, 7) is 4.72. The number of esters is 1. The number of pyridine rings is 1. The number of amides is 2. The van der Waals surface area contributed by atoms with Crippen molar-refractivity contribution in [3.8, 4) is 0 Å². The van der Waals surface area contributed by atoms with Crippen LogP contribution in [0.25, 0.3) is 0 Å². The highest BCUT2D eigenvalue weighted by molar-refractivity contribution is 5.84. The number of carbonyl (C=O) groups excluding carboxylic acids is 2. The number of carbonyl (C=O) groups is 2. The Morgan fingerprint density at radius 1 is 1.21 bits per heavy atom. The number of benzene rings is 1. The van der Waals surface area contributed by atoms with E-state index in [9.17, 15) is 9.59 Å². The van der Waals surface area contributed by atoms with Gasteiger partial charge in [-0.3, -0.25) is 4.98 Å². The third-order valence-corrected chi connectivity index (χ3v) is 5.15. The van der Waals surface area contributed by atoms with Crippen molar-refractivity contribution in [1.29, 1.82) is 0 Å². The molecular weight excluding hydrogens is 354 g/mol. The van der Waals surface area contributed by atoms with Crippen molar-refractivity contribution in [2.24, 2.45) is 5.92 Å². The van der Waals surface area contributed by atoms with Gasteiger partial charge in [0.15, 0.2) is 0 Å². The lowest BCUT2D eigenvalue weighted by Crippen LogP contribution is -2.56. The number of likely N-dealkylation sites (tertiary alicyclic amines) is 1. The zero-order chi connectivity index (χ0) is 20.1. The van der Waals surface area contributed by atoms with Gasteiger partial charge in [-0.2, -0.15) is 0 Å². The van der Waals surface area contributed by atoms with Crippen molar-refractivity contribution in [1.82, 2.24) is 14.8 Å². The molecule has 2 aromatic rings. The van der Waals surface area contributed by atoms with Crippen LogP contribution in [0.1, 0.15) is 37.4 Å². The van der Waals surface area contributed by atoms with E-state index in [1.54, 1.807) is 24.3 Å². The molecular formula is C22H27N3O3. The highest BCUT2D eigenvalue weighted by Gasteiger charge is 2.39. The zero-order valence-corrected chi connectivity index (χ0v) is 16.6. The summed E-state index contributed by atoms with van der Waals surface area (Å²) in [7, 11) is 1.68. The molecule has 2 heterocycles. The summed E-state index contributed by atoms with van der Waals surface area (Å²) < 4.78 is 5.50. The fourth-order valence-electron chi connectivity index (χ4n) is 3.55. The van der Waals surface area contributed by atoms with E-state index in [0.717, 1.165) is 17.5 Å². The molecule has 1 aromatic carbocycles. The maximum absolute atomic E-state index is 13.1. The smallest absolute Gasteiger partial charge is 0.329 e. The van der Waals surface area contributed by atoms with Gasteiger partial charge in [0, 0.05) is 26.0 Å². The molecule has 0 bridgehead atoms. The number of urea groups is 1. The van der Waals surface area contributed by atoms with Crippen LogP contribution >= 0.6 is 0 Å². The molecule has 6 heteroatoms. The van der Waals surface area contributed by atoms with E-state index in [1.807, 2.05) is 56.3 Å². The Morgan fingerprint density at radius 2 is 1.96 bits per heavy atom. The van der Waals surface area contributed by atoms with Gasteiger partial charge in [0.2, 0.25) is 0 Å². The SMILES string of the molecule is CC(C)[C@@H](C(=O)OCc1ccccc1)N(C)C(=O)N1CCC1c1cccnc1. The van der Waals surface area contributed by atoms with Gasteiger partial charge in [-0.15, -0.1) is 0 Å². The zero-order valence-electron chi connectivity index (χ0n) is 16.6. The van der Waals surface area contributed by atoms with Crippen molar-refractivity contribution in [2.75, 3.05) is 13.6 Å². The van der Waals surface area contributed by atoms with E-state index >= 15 is 0 Å². The number of likely N-dealkylation sites (N-methyl/N-ethyl adjacent to an activating group) is 1. The van der Waals surface area contributed by atoms with Crippen molar-refractivity contribution in [3.63, 3.8) is 0 Å². The quantitative estimate of drug-likeness (QED) is 0.717. The molecule has 28 heavy (non-hydrogen) atoms. The van der Waals surface area contributed by atoms with Crippen LogP contribution in [-0.2, 0) is 16.1 Å². The van der Waals surface area contributed by atoms with Gasteiger partial charge in [0.05, 0.1) is 6.04 Å². The first-order valence-electron chi connectivity index (χ1n) is 9.63. The van der Waals surface area contributed by atoms with Gasteiger partial charge in [0.25, 0.3) is 0 Å². The molecule has 1 fully saturated rings. The highest BCUT2D eigenvalue weighted by atomic mass is 16.5. The average molecular weight is 381 g/mol. The van der Waals surface area contributed by atoms with Gasteiger partial charge >= 0.3 is 12.0 Å². The number of rotatable bonds is 6. The highest BCUT2D eigenvalue weighted by Crippen LogP contribution is 2.34. The molecule has 0 radical (unpaired) electrons. The Balaban J connectivity index is 1.65. The van der Waals surface area contributed by atoms with Crippen molar-refractivity contribution >= 4 is 12.0 Å². The average Bonchev–Trinajstić information content (AvgIpc) is 2.67. The van der Waals surface area contributed by atoms with E-state index in [2.05, 4.69) is 4.98 Å². The summed E-state index contributed by atoms with van der Waals surface area (Å²) in [6, 6.07) is 12.6. The predicted octanol–water partition coefficient (Wildman–Crippen LogP) is 3.65. The van der Waals surface area contributed by atoms with Crippen molar-refractivity contribution < 1.29 is 14.3 Å². The minimum Gasteiger partial charge on any atom is -0.459 e. The second kappa shape index (κ2) is 8.87. The lowest BCUT2D eigenvalue weighted by molar-refractivity contribution is -0.151. The van der Waals surface area contributed by atoms with Crippen LogP contribution in [0.2, 0.25) is 0 Å². The van der Waals surface area contributed by atoms with E-state index in [4.69, 9.17) is 4.74 Å². The molecule has 148 valence electrons. The molecule has 2 atom stereocenters. The van der Waals surface area contributed by atoms with Gasteiger partial charge < -0.3 is 14.5 Å². The van der Waals surface area contributed by atoms with E-state index in [-0.39, 0.29) is 30.6 Å². The Hall–Kier alpha value is -2.89. The Labute approximate surface area is 166 Å². The number of aromatic nitrogens is 1. The Bertz CT molecular complexity index is 795. The second-order valence-electron chi connectivity index (χ2n) is 7.46. The lowest BCUT2D eigenvalue weighted by Gasteiger charge is -2.44. The molecule has 3 rings (SSSR count). The molecule has 0 N–H and O–H groups in total. The number of ether oxygens (including phenoxy) is 1. The standard InChI is InChI=1S/C22H27N3O3/c1-16(2)20(21(26)28-15-17-8-5-4-6-9-17)24(3)22(27)25-13-11-19(25)18-10-7-12-23-14-18/h4-10,12,14,16,19-20H,11,13,15H2,1-3H3/t19?,20-/m0/s1. The minimum absolute atomic E-state index is 0.0109. The predicted molar refractivity (Wildman–Crippen MR) is 106 cm³/mol.